The molecular weight excluding hydrogens is 294 g/mol. The zero-order chi connectivity index (χ0) is 14.6. The first-order valence-electron chi connectivity index (χ1n) is 6.05. The molecule has 0 unspecified atom stereocenters. The summed E-state index contributed by atoms with van der Waals surface area (Å²) >= 11 is 9.71. The Morgan fingerprint density at radius 1 is 1.25 bits per heavy atom. The van der Waals surface area contributed by atoms with Crippen LogP contribution in [0, 0.1) is 0 Å². The molecule has 1 rings (SSSR count). The number of aliphatic imine (C=N–C) groups is 1. The Morgan fingerprint density at radius 2 is 2.00 bits per heavy atom. The van der Waals surface area contributed by atoms with Crippen LogP contribution >= 0.6 is 24.4 Å². The highest BCUT2D eigenvalue weighted by Gasteiger charge is 1.97. The van der Waals surface area contributed by atoms with Gasteiger partial charge in [-0.15, -0.1) is 0 Å². The number of rotatable bonds is 8. The Morgan fingerprint density at radius 3 is 2.65 bits per heavy atom. The summed E-state index contributed by atoms with van der Waals surface area (Å²) in [6.45, 7) is 2.40. The molecule has 2 N–H and O–H groups in total. The normalized spacial score (nSPS) is 9.65. The van der Waals surface area contributed by atoms with Gasteiger partial charge in [0.1, 0.15) is 0 Å². The predicted molar refractivity (Wildman–Crippen MR) is 88.0 cm³/mol. The quantitative estimate of drug-likeness (QED) is 0.437. The Labute approximate surface area is 129 Å². The highest BCUT2D eigenvalue weighted by atomic mass is 32.1. The molecule has 0 radical (unpaired) electrons. The van der Waals surface area contributed by atoms with E-state index >= 15 is 0 Å². The monoisotopic (exact) mass is 311 g/mol. The summed E-state index contributed by atoms with van der Waals surface area (Å²) < 4.78 is 10.2. The number of isothiocyanates is 1. The average Bonchev–Trinajstić information content (AvgIpc) is 2.45. The molecule has 0 heterocycles. The molecule has 0 fully saturated rings. The summed E-state index contributed by atoms with van der Waals surface area (Å²) in [5, 5.41) is 8.98. The smallest absolute Gasteiger partial charge is 0.170 e. The van der Waals surface area contributed by atoms with Gasteiger partial charge in [-0.05, 0) is 48.7 Å². The van der Waals surface area contributed by atoms with Gasteiger partial charge in [0.25, 0.3) is 0 Å². The van der Waals surface area contributed by atoms with E-state index in [0.717, 1.165) is 11.4 Å². The minimum absolute atomic E-state index is 0.548. The molecule has 0 atom stereocenters. The fourth-order valence-electron chi connectivity index (χ4n) is 1.33. The lowest BCUT2D eigenvalue weighted by Crippen LogP contribution is -2.31. The van der Waals surface area contributed by atoms with Crippen molar-refractivity contribution in [3.63, 3.8) is 0 Å². The lowest BCUT2D eigenvalue weighted by molar-refractivity contribution is 0.0734. The Kier molecular flexibility index (Phi) is 8.69. The van der Waals surface area contributed by atoms with E-state index in [4.69, 9.17) is 21.7 Å². The van der Waals surface area contributed by atoms with Crippen molar-refractivity contribution >= 4 is 46.1 Å². The third-order valence-corrected chi connectivity index (χ3v) is 2.60. The molecule has 0 bridgehead atoms. The minimum Gasteiger partial charge on any atom is -0.382 e. The van der Waals surface area contributed by atoms with Crippen LogP contribution in [0.15, 0.2) is 29.3 Å². The van der Waals surface area contributed by atoms with Crippen LogP contribution in [0.3, 0.4) is 0 Å². The van der Waals surface area contributed by atoms with Crippen molar-refractivity contribution in [2.45, 2.75) is 0 Å². The molecule has 0 spiro atoms. The van der Waals surface area contributed by atoms with Crippen molar-refractivity contribution in [3.05, 3.63) is 24.3 Å². The third-order valence-electron chi connectivity index (χ3n) is 2.26. The molecule has 5 nitrogen and oxygen atoms in total. The highest BCUT2D eigenvalue weighted by Crippen LogP contribution is 2.15. The molecule has 1 aromatic carbocycles. The second-order valence-electron chi connectivity index (χ2n) is 3.74. The van der Waals surface area contributed by atoms with Crippen molar-refractivity contribution in [1.29, 1.82) is 0 Å². The molecule has 20 heavy (non-hydrogen) atoms. The topological polar surface area (TPSA) is 54.9 Å². The summed E-state index contributed by atoms with van der Waals surface area (Å²) in [5.74, 6) is 0. The Balaban J connectivity index is 2.23. The molecule has 0 aliphatic rings. The van der Waals surface area contributed by atoms with E-state index in [9.17, 15) is 0 Å². The van der Waals surface area contributed by atoms with Crippen LogP contribution in [0.25, 0.3) is 0 Å². The third kappa shape index (κ3) is 7.28. The molecule has 0 aliphatic heterocycles. The second-order valence-corrected chi connectivity index (χ2v) is 4.33. The molecule has 0 aliphatic carbocycles. The van der Waals surface area contributed by atoms with Gasteiger partial charge in [0.05, 0.1) is 30.7 Å². The van der Waals surface area contributed by atoms with Gasteiger partial charge in [0, 0.05) is 19.3 Å². The number of hydrogen-bond donors (Lipinski definition) is 2. The van der Waals surface area contributed by atoms with Crippen LogP contribution in [0.2, 0.25) is 0 Å². The van der Waals surface area contributed by atoms with E-state index in [-0.39, 0.29) is 0 Å². The van der Waals surface area contributed by atoms with E-state index < -0.39 is 0 Å². The maximum absolute atomic E-state index is 5.31. The molecule has 0 saturated heterocycles. The first kappa shape index (κ1) is 16.7. The number of thiocarbonyl (C=S) groups is 2. The Hall–Kier alpha value is -1.37. The zero-order valence-corrected chi connectivity index (χ0v) is 12.9. The maximum Gasteiger partial charge on any atom is 0.170 e. The van der Waals surface area contributed by atoms with Crippen molar-refractivity contribution in [3.8, 4) is 0 Å². The molecule has 0 saturated carbocycles. The zero-order valence-electron chi connectivity index (χ0n) is 11.2. The number of ether oxygens (including phenoxy) is 2. The number of anilines is 1. The fraction of sp³-hybridized carbons (Fsp3) is 0.385. The highest BCUT2D eigenvalue weighted by molar-refractivity contribution is 7.80. The molecule has 1 aromatic rings. The molecule has 0 aromatic heterocycles. The maximum atomic E-state index is 5.31. The van der Waals surface area contributed by atoms with Crippen LogP contribution in [0.1, 0.15) is 0 Å². The fourth-order valence-corrected chi connectivity index (χ4v) is 1.65. The number of nitrogens with one attached hydrogen (secondary N) is 2. The van der Waals surface area contributed by atoms with Crippen molar-refractivity contribution < 1.29 is 9.47 Å². The second kappa shape index (κ2) is 10.4. The van der Waals surface area contributed by atoms with Crippen LogP contribution in [-0.2, 0) is 9.47 Å². The molecule has 7 heteroatoms. The van der Waals surface area contributed by atoms with Gasteiger partial charge in [0.2, 0.25) is 0 Å². The predicted octanol–water partition coefficient (Wildman–Crippen LogP) is 2.37. The molecular formula is C13H17N3O2S2. The van der Waals surface area contributed by atoms with E-state index in [1.165, 1.54) is 0 Å². The van der Waals surface area contributed by atoms with Gasteiger partial charge in [-0.2, -0.15) is 4.99 Å². The largest absolute Gasteiger partial charge is 0.382 e. The van der Waals surface area contributed by atoms with Crippen molar-refractivity contribution in [2.24, 2.45) is 4.99 Å². The number of hydrogen-bond acceptors (Lipinski definition) is 5. The SMILES string of the molecule is COCCOCCNC(=S)Nc1ccc(N=C=S)cc1. The summed E-state index contributed by atoms with van der Waals surface area (Å²) in [6, 6.07) is 7.40. The number of benzene rings is 1. The standard InChI is InChI=1S/C13H17N3O2S2/c1-17-8-9-18-7-6-14-13(20)16-12-4-2-11(3-5-12)15-10-19/h2-5H,6-9H2,1H3,(H2,14,16,20). The van der Waals surface area contributed by atoms with Crippen LogP contribution < -0.4 is 10.6 Å². The van der Waals surface area contributed by atoms with Gasteiger partial charge < -0.3 is 20.1 Å². The van der Waals surface area contributed by atoms with Crippen molar-refractivity contribution in [1.82, 2.24) is 5.32 Å². The molecule has 108 valence electrons. The van der Waals surface area contributed by atoms with Crippen LogP contribution in [-0.4, -0.2) is 43.7 Å². The number of nitrogens with zero attached hydrogens (tertiary/aromatic N) is 1. The van der Waals surface area contributed by atoms with Gasteiger partial charge in [0.15, 0.2) is 5.11 Å². The summed E-state index contributed by atoms with van der Waals surface area (Å²) in [4.78, 5) is 3.87. The van der Waals surface area contributed by atoms with Gasteiger partial charge >= 0.3 is 0 Å². The van der Waals surface area contributed by atoms with Crippen LogP contribution in [0.4, 0.5) is 11.4 Å². The lowest BCUT2D eigenvalue weighted by Gasteiger charge is -2.10. The Bertz CT molecular complexity index is 459. The molecule has 0 amide bonds. The first-order chi connectivity index (χ1) is 9.76. The van der Waals surface area contributed by atoms with Crippen LogP contribution in [0.5, 0.6) is 0 Å². The van der Waals surface area contributed by atoms with E-state index in [1.54, 1.807) is 7.11 Å². The van der Waals surface area contributed by atoms with E-state index in [2.05, 4.69) is 33.0 Å². The van der Waals surface area contributed by atoms with Gasteiger partial charge in [-0.25, -0.2) is 0 Å². The summed E-state index contributed by atoms with van der Waals surface area (Å²) in [6.07, 6.45) is 0. The van der Waals surface area contributed by atoms with Gasteiger partial charge in [-0.1, -0.05) is 0 Å². The first-order valence-corrected chi connectivity index (χ1v) is 6.87. The summed E-state index contributed by atoms with van der Waals surface area (Å²) in [7, 11) is 1.64. The average molecular weight is 311 g/mol. The summed E-state index contributed by atoms with van der Waals surface area (Å²) in [5.41, 5.74) is 1.64. The minimum atomic E-state index is 0.548. The van der Waals surface area contributed by atoms with Gasteiger partial charge in [-0.3, -0.25) is 0 Å². The lowest BCUT2D eigenvalue weighted by atomic mass is 10.3. The number of methoxy groups -OCH3 is 1. The van der Waals surface area contributed by atoms with E-state index in [0.29, 0.717) is 31.5 Å². The van der Waals surface area contributed by atoms with Crippen molar-refractivity contribution in [2.75, 3.05) is 38.8 Å². The van der Waals surface area contributed by atoms with E-state index in [1.807, 2.05) is 24.3 Å².